The van der Waals surface area contributed by atoms with E-state index in [1.807, 2.05) is 0 Å². The molecule has 0 aliphatic heterocycles. The molecule has 19 heavy (non-hydrogen) atoms. The summed E-state index contributed by atoms with van der Waals surface area (Å²) in [5, 5.41) is 12.9. The molecule has 0 saturated heterocycles. The van der Waals surface area contributed by atoms with Crippen LogP contribution in [0.2, 0.25) is 5.15 Å². The zero-order chi connectivity index (χ0) is 14.6. The predicted octanol–water partition coefficient (Wildman–Crippen LogP) is 0.461. The first-order chi connectivity index (χ1) is 8.88. The van der Waals surface area contributed by atoms with Crippen LogP contribution in [0.25, 0.3) is 0 Å². The molecule has 0 radical (unpaired) electrons. The minimum absolute atomic E-state index is 0.212. The number of carbonyl (C=O) groups excluding carboxylic acids is 2. The number of aromatic nitrogens is 1. The van der Waals surface area contributed by atoms with Gasteiger partial charge in [0.05, 0.1) is 11.5 Å². The van der Waals surface area contributed by atoms with Crippen molar-refractivity contribution < 1.29 is 14.5 Å². The summed E-state index contributed by atoms with van der Waals surface area (Å²) in [7, 11) is 2.78. The first-order valence-electron chi connectivity index (χ1n) is 5.13. The number of amides is 2. The van der Waals surface area contributed by atoms with Crippen molar-refractivity contribution in [2.24, 2.45) is 0 Å². The number of pyridine rings is 1. The van der Waals surface area contributed by atoms with Crippen molar-refractivity contribution in [1.82, 2.24) is 15.2 Å². The molecule has 9 heteroatoms. The highest BCUT2D eigenvalue weighted by molar-refractivity contribution is 6.32. The summed E-state index contributed by atoms with van der Waals surface area (Å²) in [6, 6.07) is 1.19. The van der Waals surface area contributed by atoms with Crippen LogP contribution in [0.15, 0.2) is 12.3 Å². The molecule has 1 rings (SSSR count). The number of hydrogen-bond donors (Lipinski definition) is 1. The largest absolute Gasteiger partial charge is 0.358 e. The molecule has 0 atom stereocenters. The number of nitrogens with one attached hydrogen (secondary N) is 1. The van der Waals surface area contributed by atoms with Gasteiger partial charge >= 0.3 is 5.69 Å². The van der Waals surface area contributed by atoms with E-state index in [0.717, 1.165) is 4.90 Å². The van der Waals surface area contributed by atoms with E-state index in [1.54, 1.807) is 0 Å². The molecule has 8 nitrogen and oxygen atoms in total. The standard InChI is InChI=1S/C10H11ClN4O4/c1-12-7(16)5-14(2)10(17)6-3-4-13-9(11)8(6)15(18)19/h3-4H,5H2,1-2H3,(H,12,16). The third-order valence-electron chi connectivity index (χ3n) is 2.30. The first kappa shape index (κ1) is 14.8. The maximum Gasteiger partial charge on any atom is 0.319 e. The Hall–Kier alpha value is -2.22. The third kappa shape index (κ3) is 3.38. The SMILES string of the molecule is CNC(=O)CN(C)C(=O)c1ccnc(Cl)c1[N+](=O)[O-]. The van der Waals surface area contributed by atoms with E-state index in [1.165, 1.54) is 26.4 Å². The molecule has 2 amide bonds. The molecule has 0 aliphatic rings. The van der Waals surface area contributed by atoms with Gasteiger partial charge in [0.15, 0.2) is 0 Å². The quantitative estimate of drug-likeness (QED) is 0.492. The van der Waals surface area contributed by atoms with E-state index in [-0.39, 0.29) is 17.3 Å². The lowest BCUT2D eigenvalue weighted by molar-refractivity contribution is -0.385. The normalized spacial score (nSPS) is 9.84. The molecule has 0 fully saturated rings. The third-order valence-corrected chi connectivity index (χ3v) is 2.58. The smallest absolute Gasteiger partial charge is 0.319 e. The van der Waals surface area contributed by atoms with Gasteiger partial charge in [0.2, 0.25) is 11.1 Å². The average molecular weight is 287 g/mol. The van der Waals surface area contributed by atoms with Gasteiger partial charge < -0.3 is 10.2 Å². The highest BCUT2D eigenvalue weighted by Gasteiger charge is 2.27. The lowest BCUT2D eigenvalue weighted by atomic mass is 10.2. The number of halogens is 1. The average Bonchev–Trinajstić information content (AvgIpc) is 2.36. The number of nitrogens with zero attached hydrogens (tertiary/aromatic N) is 3. The van der Waals surface area contributed by atoms with Crippen molar-refractivity contribution in [3.05, 3.63) is 33.1 Å². The van der Waals surface area contributed by atoms with Gasteiger partial charge in [0.25, 0.3) is 5.91 Å². The molecule has 0 spiro atoms. The number of carbonyl (C=O) groups is 2. The van der Waals surface area contributed by atoms with Gasteiger partial charge in [0, 0.05) is 20.3 Å². The summed E-state index contributed by atoms with van der Waals surface area (Å²) in [6.45, 7) is -0.216. The van der Waals surface area contributed by atoms with Crippen molar-refractivity contribution in [3.63, 3.8) is 0 Å². The predicted molar refractivity (Wildman–Crippen MR) is 66.9 cm³/mol. The Morgan fingerprint density at radius 2 is 2.21 bits per heavy atom. The lowest BCUT2D eigenvalue weighted by Gasteiger charge is -2.16. The summed E-state index contributed by atoms with van der Waals surface area (Å²) in [6.07, 6.45) is 1.19. The summed E-state index contributed by atoms with van der Waals surface area (Å²) < 4.78 is 0. The zero-order valence-electron chi connectivity index (χ0n) is 10.2. The zero-order valence-corrected chi connectivity index (χ0v) is 11.0. The molecule has 0 unspecified atom stereocenters. The van der Waals surface area contributed by atoms with Crippen LogP contribution in [-0.4, -0.2) is 47.3 Å². The molecule has 0 aromatic carbocycles. The maximum atomic E-state index is 12.0. The second kappa shape index (κ2) is 6.10. The Balaban J connectivity index is 3.09. The van der Waals surface area contributed by atoms with E-state index < -0.39 is 22.4 Å². The molecule has 0 saturated carbocycles. The Morgan fingerprint density at radius 3 is 2.74 bits per heavy atom. The molecular formula is C10H11ClN4O4. The Kier molecular flexibility index (Phi) is 4.76. The Labute approximate surface area is 113 Å². The monoisotopic (exact) mass is 286 g/mol. The van der Waals surface area contributed by atoms with Gasteiger partial charge in [0.1, 0.15) is 5.56 Å². The van der Waals surface area contributed by atoms with E-state index in [0.29, 0.717) is 0 Å². The molecule has 1 aromatic rings. The number of rotatable bonds is 4. The second-order valence-electron chi connectivity index (χ2n) is 3.59. The van der Waals surface area contributed by atoms with Crippen LogP contribution in [-0.2, 0) is 4.79 Å². The van der Waals surface area contributed by atoms with Gasteiger partial charge in [-0.05, 0) is 6.07 Å². The van der Waals surface area contributed by atoms with Gasteiger partial charge in [-0.3, -0.25) is 19.7 Å². The minimum atomic E-state index is -0.781. The van der Waals surface area contributed by atoms with Gasteiger partial charge in [-0.1, -0.05) is 11.6 Å². The fraction of sp³-hybridized carbons (Fsp3) is 0.300. The van der Waals surface area contributed by atoms with Gasteiger partial charge in [-0.25, -0.2) is 4.98 Å². The topological polar surface area (TPSA) is 105 Å². The number of nitro groups is 1. The summed E-state index contributed by atoms with van der Waals surface area (Å²) in [5.74, 6) is -1.07. The van der Waals surface area contributed by atoms with Crippen LogP contribution < -0.4 is 5.32 Å². The second-order valence-corrected chi connectivity index (χ2v) is 3.95. The summed E-state index contributed by atoms with van der Waals surface area (Å²) in [5.41, 5.74) is -0.783. The number of likely N-dealkylation sites (N-methyl/N-ethyl adjacent to an activating group) is 2. The van der Waals surface area contributed by atoms with Crippen molar-refractivity contribution in [3.8, 4) is 0 Å². The van der Waals surface area contributed by atoms with E-state index in [2.05, 4.69) is 10.3 Å². The molecular weight excluding hydrogens is 276 g/mol. The lowest BCUT2D eigenvalue weighted by Crippen LogP contribution is -2.37. The molecule has 0 bridgehead atoms. The van der Waals surface area contributed by atoms with Crippen LogP contribution in [0.1, 0.15) is 10.4 Å². The van der Waals surface area contributed by atoms with E-state index in [9.17, 15) is 19.7 Å². The first-order valence-corrected chi connectivity index (χ1v) is 5.51. The number of hydrogen-bond acceptors (Lipinski definition) is 5. The molecule has 1 aromatic heterocycles. The van der Waals surface area contributed by atoms with Crippen molar-refractivity contribution in [1.29, 1.82) is 0 Å². The van der Waals surface area contributed by atoms with Crippen molar-refractivity contribution in [2.75, 3.05) is 20.6 Å². The van der Waals surface area contributed by atoms with Crippen molar-refractivity contribution >= 4 is 29.1 Å². The van der Waals surface area contributed by atoms with E-state index >= 15 is 0 Å². The minimum Gasteiger partial charge on any atom is -0.358 e. The van der Waals surface area contributed by atoms with Crippen LogP contribution in [0.4, 0.5) is 5.69 Å². The maximum absolute atomic E-state index is 12.0. The van der Waals surface area contributed by atoms with Crippen LogP contribution in [0.5, 0.6) is 0 Å². The summed E-state index contributed by atoms with van der Waals surface area (Å²) >= 11 is 5.60. The highest BCUT2D eigenvalue weighted by atomic mass is 35.5. The van der Waals surface area contributed by atoms with E-state index in [4.69, 9.17) is 11.6 Å². The van der Waals surface area contributed by atoms with Crippen LogP contribution in [0, 0.1) is 10.1 Å². The van der Waals surface area contributed by atoms with Crippen LogP contribution >= 0.6 is 11.6 Å². The molecule has 102 valence electrons. The Bertz CT molecular complexity index is 534. The molecule has 1 heterocycles. The highest BCUT2D eigenvalue weighted by Crippen LogP contribution is 2.26. The van der Waals surface area contributed by atoms with Gasteiger partial charge in [-0.2, -0.15) is 0 Å². The van der Waals surface area contributed by atoms with Crippen LogP contribution in [0.3, 0.4) is 0 Å². The van der Waals surface area contributed by atoms with Gasteiger partial charge in [-0.15, -0.1) is 0 Å². The molecule has 0 aliphatic carbocycles. The fourth-order valence-corrected chi connectivity index (χ4v) is 1.57. The summed E-state index contributed by atoms with van der Waals surface area (Å²) in [4.78, 5) is 37.9. The fourth-order valence-electron chi connectivity index (χ4n) is 1.35. The van der Waals surface area contributed by atoms with Crippen molar-refractivity contribution in [2.45, 2.75) is 0 Å². The Morgan fingerprint density at radius 1 is 1.58 bits per heavy atom. The molecule has 1 N–H and O–H groups in total.